The van der Waals surface area contributed by atoms with E-state index < -0.39 is 0 Å². The molecule has 5 heteroatoms. The highest BCUT2D eigenvalue weighted by Crippen LogP contribution is 2.23. The maximum absolute atomic E-state index is 5.69. The Kier molecular flexibility index (Phi) is 4.57. The van der Waals surface area contributed by atoms with E-state index in [0.29, 0.717) is 0 Å². The van der Waals surface area contributed by atoms with Crippen LogP contribution in [0, 0.1) is 6.92 Å². The van der Waals surface area contributed by atoms with Gasteiger partial charge >= 0.3 is 0 Å². The molecule has 0 unspecified atom stereocenters. The summed E-state index contributed by atoms with van der Waals surface area (Å²) in [6.45, 7) is 5.91. The van der Waals surface area contributed by atoms with Gasteiger partial charge in [0.05, 0.1) is 6.20 Å². The molecular formula is C20H24N4O. The minimum absolute atomic E-state index is 0.749. The number of aromatic nitrogens is 2. The molecule has 3 aromatic rings. The minimum atomic E-state index is 0.749. The molecule has 0 bridgehead atoms. The number of nitrogens with one attached hydrogen (secondary N) is 2. The van der Waals surface area contributed by atoms with Crippen LogP contribution in [0.1, 0.15) is 29.7 Å². The molecule has 0 aliphatic carbocycles. The topological polar surface area (TPSA) is 57.1 Å². The van der Waals surface area contributed by atoms with Crippen LogP contribution in [-0.4, -0.2) is 23.3 Å². The first-order valence-corrected chi connectivity index (χ1v) is 8.93. The Hall–Kier alpha value is -2.53. The first-order chi connectivity index (χ1) is 12.3. The number of anilines is 1. The van der Waals surface area contributed by atoms with Crippen molar-refractivity contribution in [2.75, 3.05) is 18.0 Å². The Morgan fingerprint density at radius 1 is 1.08 bits per heavy atom. The number of benzene rings is 1. The molecule has 1 saturated heterocycles. The van der Waals surface area contributed by atoms with E-state index in [0.717, 1.165) is 35.9 Å². The Morgan fingerprint density at radius 3 is 2.60 bits per heavy atom. The lowest BCUT2D eigenvalue weighted by Gasteiger charge is -2.17. The number of aromatic amines is 1. The predicted molar refractivity (Wildman–Crippen MR) is 99.5 cm³/mol. The molecule has 0 radical (unpaired) electrons. The van der Waals surface area contributed by atoms with E-state index in [1.165, 1.54) is 37.2 Å². The second-order valence-electron chi connectivity index (χ2n) is 6.64. The normalized spacial score (nSPS) is 14.4. The second-order valence-corrected chi connectivity index (χ2v) is 6.64. The molecule has 5 nitrogen and oxygen atoms in total. The van der Waals surface area contributed by atoms with Gasteiger partial charge in [-0.15, -0.1) is 0 Å². The van der Waals surface area contributed by atoms with Crippen LogP contribution in [0.5, 0.6) is 0 Å². The van der Waals surface area contributed by atoms with Crippen LogP contribution in [0.4, 0.5) is 5.69 Å². The monoisotopic (exact) mass is 336 g/mol. The first-order valence-electron chi connectivity index (χ1n) is 8.93. The fourth-order valence-electron chi connectivity index (χ4n) is 3.37. The second kappa shape index (κ2) is 7.15. The largest absolute Gasteiger partial charge is 0.460 e. The molecule has 2 aromatic heterocycles. The van der Waals surface area contributed by atoms with Crippen LogP contribution in [0.2, 0.25) is 0 Å². The van der Waals surface area contributed by atoms with Gasteiger partial charge in [0, 0.05) is 37.4 Å². The number of rotatable bonds is 6. The van der Waals surface area contributed by atoms with Gasteiger partial charge in [0.2, 0.25) is 0 Å². The summed E-state index contributed by atoms with van der Waals surface area (Å²) in [5, 5.41) is 10.7. The Morgan fingerprint density at radius 2 is 1.88 bits per heavy atom. The van der Waals surface area contributed by atoms with Gasteiger partial charge in [-0.2, -0.15) is 5.10 Å². The zero-order valence-corrected chi connectivity index (χ0v) is 14.6. The number of H-pyrrole nitrogens is 1. The minimum Gasteiger partial charge on any atom is -0.460 e. The van der Waals surface area contributed by atoms with Crippen LogP contribution in [0.15, 0.2) is 47.0 Å². The van der Waals surface area contributed by atoms with Gasteiger partial charge in [0.1, 0.15) is 11.5 Å². The average Bonchev–Trinajstić information content (AvgIpc) is 3.37. The summed E-state index contributed by atoms with van der Waals surface area (Å²) in [6.07, 6.45) is 4.48. The zero-order valence-electron chi connectivity index (χ0n) is 14.6. The molecule has 4 rings (SSSR count). The number of furan rings is 1. The van der Waals surface area contributed by atoms with E-state index in [9.17, 15) is 0 Å². The summed E-state index contributed by atoms with van der Waals surface area (Å²) < 4.78 is 5.69. The Bertz CT molecular complexity index is 812. The average molecular weight is 336 g/mol. The molecule has 2 N–H and O–H groups in total. The molecule has 0 amide bonds. The van der Waals surface area contributed by atoms with Crippen molar-refractivity contribution in [1.82, 2.24) is 15.5 Å². The van der Waals surface area contributed by atoms with Crippen molar-refractivity contribution in [3.8, 4) is 11.5 Å². The molecular weight excluding hydrogens is 312 g/mol. The maximum atomic E-state index is 5.69. The zero-order chi connectivity index (χ0) is 17.1. The summed E-state index contributed by atoms with van der Waals surface area (Å²) in [5.74, 6) is 1.74. The van der Waals surface area contributed by atoms with Crippen LogP contribution in [0.3, 0.4) is 0 Å². The van der Waals surface area contributed by atoms with Crippen LogP contribution < -0.4 is 10.2 Å². The molecule has 3 heterocycles. The van der Waals surface area contributed by atoms with Crippen molar-refractivity contribution < 1.29 is 4.42 Å². The van der Waals surface area contributed by atoms with Gasteiger partial charge in [-0.3, -0.25) is 5.10 Å². The summed E-state index contributed by atoms with van der Waals surface area (Å²) in [4.78, 5) is 2.46. The molecule has 0 spiro atoms. The van der Waals surface area contributed by atoms with Crippen molar-refractivity contribution in [2.45, 2.75) is 32.9 Å². The van der Waals surface area contributed by atoms with E-state index in [1.54, 1.807) is 0 Å². The van der Waals surface area contributed by atoms with E-state index in [2.05, 4.69) is 44.7 Å². The van der Waals surface area contributed by atoms with Gasteiger partial charge in [-0.1, -0.05) is 12.1 Å². The van der Waals surface area contributed by atoms with Crippen LogP contribution in [-0.2, 0) is 13.1 Å². The van der Waals surface area contributed by atoms with Gasteiger partial charge in [0.25, 0.3) is 0 Å². The molecule has 25 heavy (non-hydrogen) atoms. The summed E-state index contributed by atoms with van der Waals surface area (Å²) >= 11 is 0. The van der Waals surface area contributed by atoms with Crippen molar-refractivity contribution in [1.29, 1.82) is 0 Å². The van der Waals surface area contributed by atoms with E-state index in [-0.39, 0.29) is 0 Å². The number of hydrogen-bond acceptors (Lipinski definition) is 4. The number of nitrogens with zero attached hydrogens (tertiary/aromatic N) is 2. The van der Waals surface area contributed by atoms with Gasteiger partial charge in [-0.05, 0) is 49.6 Å². The summed E-state index contributed by atoms with van der Waals surface area (Å²) in [5.41, 5.74) is 4.70. The lowest BCUT2D eigenvalue weighted by Crippen LogP contribution is -2.17. The highest BCUT2D eigenvalue weighted by Gasteiger charge is 2.12. The van der Waals surface area contributed by atoms with E-state index in [1.807, 2.05) is 25.3 Å². The third kappa shape index (κ3) is 3.61. The number of hydrogen-bond donors (Lipinski definition) is 2. The lowest BCUT2D eigenvalue weighted by molar-refractivity contribution is 0.545. The Labute approximate surface area is 148 Å². The highest BCUT2D eigenvalue weighted by atomic mass is 16.3. The van der Waals surface area contributed by atoms with Crippen LogP contribution >= 0.6 is 0 Å². The molecule has 0 atom stereocenters. The van der Waals surface area contributed by atoms with Crippen molar-refractivity contribution >= 4 is 5.69 Å². The van der Waals surface area contributed by atoms with Gasteiger partial charge in [-0.25, -0.2) is 0 Å². The predicted octanol–water partition coefficient (Wildman–Crippen LogP) is 3.87. The van der Waals surface area contributed by atoms with E-state index >= 15 is 0 Å². The highest BCUT2D eigenvalue weighted by molar-refractivity contribution is 5.56. The third-order valence-electron chi connectivity index (χ3n) is 4.76. The molecule has 130 valence electrons. The molecule has 1 fully saturated rings. The fourth-order valence-corrected chi connectivity index (χ4v) is 3.37. The Balaban J connectivity index is 1.34. The third-order valence-corrected chi connectivity index (χ3v) is 4.76. The standard InChI is InChI=1S/C20H24N4O/c1-15-4-9-19(25-15)20-17(14-22-23-20)13-21-12-16-5-7-18(8-6-16)24-10-2-3-11-24/h4-9,14,21H,2-3,10-13H2,1H3,(H,22,23). The van der Waals surface area contributed by atoms with Gasteiger partial charge < -0.3 is 14.6 Å². The lowest BCUT2D eigenvalue weighted by atomic mass is 10.1. The molecule has 1 aliphatic heterocycles. The maximum Gasteiger partial charge on any atom is 0.152 e. The first kappa shape index (κ1) is 16.0. The smallest absolute Gasteiger partial charge is 0.152 e. The van der Waals surface area contributed by atoms with Crippen molar-refractivity contribution in [2.24, 2.45) is 0 Å². The fraction of sp³-hybridized carbons (Fsp3) is 0.350. The molecule has 1 aromatic carbocycles. The van der Waals surface area contributed by atoms with Gasteiger partial charge in [0.15, 0.2) is 5.76 Å². The van der Waals surface area contributed by atoms with Crippen LogP contribution in [0.25, 0.3) is 11.5 Å². The summed E-state index contributed by atoms with van der Waals surface area (Å²) in [6, 6.07) is 12.8. The van der Waals surface area contributed by atoms with Crippen molar-refractivity contribution in [3.63, 3.8) is 0 Å². The van der Waals surface area contributed by atoms with E-state index in [4.69, 9.17) is 4.42 Å². The molecule has 0 saturated carbocycles. The van der Waals surface area contributed by atoms with Crippen molar-refractivity contribution in [3.05, 3.63) is 59.5 Å². The summed E-state index contributed by atoms with van der Waals surface area (Å²) in [7, 11) is 0. The quantitative estimate of drug-likeness (QED) is 0.717. The number of aryl methyl sites for hydroxylation is 1. The molecule has 1 aliphatic rings. The SMILES string of the molecule is Cc1ccc(-c2[nH]ncc2CNCc2ccc(N3CCCC3)cc2)o1.